The molecule has 1 fully saturated rings. The summed E-state index contributed by atoms with van der Waals surface area (Å²) in [6.45, 7) is 4.35. The second kappa shape index (κ2) is 6.14. The van der Waals surface area contributed by atoms with E-state index in [0.717, 1.165) is 18.4 Å². The van der Waals surface area contributed by atoms with Crippen molar-refractivity contribution < 1.29 is 14.3 Å². The SMILES string of the molecule is CC(C)(CNC(=O)CC1(O)CCCC1)c1cccc(F)c1. The van der Waals surface area contributed by atoms with Gasteiger partial charge in [0.1, 0.15) is 5.82 Å². The van der Waals surface area contributed by atoms with Crippen LogP contribution in [0, 0.1) is 5.82 Å². The van der Waals surface area contributed by atoms with Gasteiger partial charge in [-0.1, -0.05) is 38.8 Å². The molecule has 0 bridgehead atoms. The third kappa shape index (κ3) is 4.27. The lowest BCUT2D eigenvalue weighted by Gasteiger charge is -2.27. The van der Waals surface area contributed by atoms with Crippen molar-refractivity contribution >= 4 is 5.91 Å². The van der Waals surface area contributed by atoms with Gasteiger partial charge in [-0.25, -0.2) is 4.39 Å². The first kappa shape index (κ1) is 16.0. The number of rotatable bonds is 5. The van der Waals surface area contributed by atoms with Crippen molar-refractivity contribution in [1.82, 2.24) is 5.32 Å². The maximum absolute atomic E-state index is 13.3. The third-order valence-corrected chi connectivity index (χ3v) is 4.36. The zero-order valence-corrected chi connectivity index (χ0v) is 12.8. The predicted octanol–water partition coefficient (Wildman–Crippen LogP) is 2.91. The molecule has 2 rings (SSSR count). The van der Waals surface area contributed by atoms with Crippen LogP contribution in [0.1, 0.15) is 51.5 Å². The van der Waals surface area contributed by atoms with Crippen molar-refractivity contribution in [2.75, 3.05) is 6.54 Å². The van der Waals surface area contributed by atoms with Gasteiger partial charge in [0, 0.05) is 12.0 Å². The van der Waals surface area contributed by atoms with Gasteiger partial charge in [0.15, 0.2) is 0 Å². The Kier molecular flexibility index (Phi) is 4.67. The van der Waals surface area contributed by atoms with E-state index in [9.17, 15) is 14.3 Å². The molecule has 0 radical (unpaired) electrons. The number of hydrogen-bond acceptors (Lipinski definition) is 2. The van der Waals surface area contributed by atoms with Crippen molar-refractivity contribution in [3.8, 4) is 0 Å². The van der Waals surface area contributed by atoms with Crippen molar-refractivity contribution in [3.05, 3.63) is 35.6 Å². The van der Waals surface area contributed by atoms with Crippen LogP contribution in [0.2, 0.25) is 0 Å². The van der Waals surface area contributed by atoms with Crippen molar-refractivity contribution in [1.29, 1.82) is 0 Å². The highest BCUT2D eigenvalue weighted by Crippen LogP contribution is 2.32. The van der Waals surface area contributed by atoms with Gasteiger partial charge < -0.3 is 10.4 Å². The molecule has 1 amide bonds. The molecule has 0 aliphatic heterocycles. The summed E-state index contributed by atoms with van der Waals surface area (Å²) in [4.78, 5) is 12.0. The first-order chi connectivity index (χ1) is 9.81. The zero-order valence-electron chi connectivity index (χ0n) is 12.8. The number of carbonyl (C=O) groups excluding carboxylic acids is 1. The van der Waals surface area contributed by atoms with E-state index >= 15 is 0 Å². The number of carbonyl (C=O) groups is 1. The van der Waals surface area contributed by atoms with E-state index in [0.29, 0.717) is 19.4 Å². The van der Waals surface area contributed by atoms with Crippen molar-refractivity contribution in [3.63, 3.8) is 0 Å². The Hall–Kier alpha value is -1.42. The zero-order chi connectivity index (χ0) is 15.5. The molecule has 1 aliphatic rings. The summed E-state index contributed by atoms with van der Waals surface area (Å²) >= 11 is 0. The number of hydrogen-bond donors (Lipinski definition) is 2. The molecule has 0 atom stereocenters. The minimum Gasteiger partial charge on any atom is -0.389 e. The topological polar surface area (TPSA) is 49.3 Å². The van der Waals surface area contributed by atoms with Crippen LogP contribution in [-0.2, 0) is 10.2 Å². The molecule has 0 spiro atoms. The Morgan fingerprint density at radius 3 is 2.67 bits per heavy atom. The Bertz CT molecular complexity index is 507. The maximum Gasteiger partial charge on any atom is 0.222 e. The van der Waals surface area contributed by atoms with E-state index in [1.165, 1.54) is 12.1 Å². The molecule has 1 aliphatic carbocycles. The highest BCUT2D eigenvalue weighted by atomic mass is 19.1. The molecule has 0 heterocycles. The Balaban J connectivity index is 1.90. The average Bonchev–Trinajstić information content (AvgIpc) is 2.83. The molecule has 116 valence electrons. The first-order valence-electron chi connectivity index (χ1n) is 7.56. The van der Waals surface area contributed by atoms with Gasteiger partial charge in [-0.3, -0.25) is 4.79 Å². The van der Waals surface area contributed by atoms with E-state index in [2.05, 4.69) is 5.32 Å². The lowest BCUT2D eigenvalue weighted by atomic mass is 9.84. The summed E-state index contributed by atoms with van der Waals surface area (Å²) in [6, 6.07) is 6.44. The van der Waals surface area contributed by atoms with E-state index in [1.807, 2.05) is 19.9 Å². The van der Waals surface area contributed by atoms with E-state index < -0.39 is 5.60 Å². The van der Waals surface area contributed by atoms with Crippen LogP contribution >= 0.6 is 0 Å². The largest absolute Gasteiger partial charge is 0.389 e. The molecular weight excluding hydrogens is 269 g/mol. The molecule has 1 aromatic rings. The van der Waals surface area contributed by atoms with Crippen LogP contribution in [0.5, 0.6) is 0 Å². The Morgan fingerprint density at radius 2 is 2.05 bits per heavy atom. The van der Waals surface area contributed by atoms with Gasteiger partial charge >= 0.3 is 0 Å². The van der Waals surface area contributed by atoms with Crippen LogP contribution in [0.25, 0.3) is 0 Å². The average molecular weight is 293 g/mol. The lowest BCUT2D eigenvalue weighted by Crippen LogP contribution is -2.40. The van der Waals surface area contributed by atoms with E-state index in [-0.39, 0.29) is 23.6 Å². The highest BCUT2D eigenvalue weighted by Gasteiger charge is 2.33. The number of halogens is 1. The van der Waals surface area contributed by atoms with Gasteiger partial charge in [-0.2, -0.15) is 0 Å². The van der Waals surface area contributed by atoms with Crippen molar-refractivity contribution in [2.45, 2.75) is 57.0 Å². The molecule has 1 saturated carbocycles. The molecule has 0 aromatic heterocycles. The number of aliphatic hydroxyl groups is 1. The molecule has 3 nitrogen and oxygen atoms in total. The molecular formula is C17H24FNO2. The fraction of sp³-hybridized carbons (Fsp3) is 0.588. The van der Waals surface area contributed by atoms with Gasteiger partial charge in [-0.15, -0.1) is 0 Å². The summed E-state index contributed by atoms with van der Waals surface area (Å²) in [6.07, 6.45) is 3.53. The fourth-order valence-corrected chi connectivity index (χ4v) is 2.90. The standard InChI is InChI=1S/C17H24FNO2/c1-16(2,13-6-5-7-14(18)10-13)12-19-15(20)11-17(21)8-3-4-9-17/h5-7,10,21H,3-4,8-9,11-12H2,1-2H3,(H,19,20). The summed E-state index contributed by atoms with van der Waals surface area (Å²) in [5.41, 5.74) is -0.328. The molecule has 1 aromatic carbocycles. The second-order valence-corrected chi connectivity index (χ2v) is 6.78. The Labute approximate surface area is 125 Å². The van der Waals surface area contributed by atoms with Gasteiger partial charge in [0.25, 0.3) is 0 Å². The quantitative estimate of drug-likeness (QED) is 0.877. The molecule has 0 unspecified atom stereocenters. The minimum absolute atomic E-state index is 0.135. The molecule has 4 heteroatoms. The number of nitrogens with one attached hydrogen (secondary N) is 1. The third-order valence-electron chi connectivity index (χ3n) is 4.36. The van der Waals surface area contributed by atoms with Crippen LogP contribution in [0.15, 0.2) is 24.3 Å². The van der Waals surface area contributed by atoms with Crippen molar-refractivity contribution in [2.24, 2.45) is 0 Å². The summed E-state index contributed by atoms with van der Waals surface area (Å²) in [7, 11) is 0. The summed E-state index contributed by atoms with van der Waals surface area (Å²) in [5.74, 6) is -0.406. The maximum atomic E-state index is 13.3. The lowest BCUT2D eigenvalue weighted by molar-refractivity contribution is -0.126. The summed E-state index contributed by atoms with van der Waals surface area (Å²) in [5, 5.41) is 13.1. The molecule has 2 N–H and O–H groups in total. The molecule has 0 saturated heterocycles. The van der Waals surface area contributed by atoms with Gasteiger partial charge in [0.05, 0.1) is 12.0 Å². The monoisotopic (exact) mass is 293 g/mol. The fourth-order valence-electron chi connectivity index (χ4n) is 2.90. The number of amides is 1. The van der Waals surface area contributed by atoms with Gasteiger partial charge in [0.2, 0.25) is 5.91 Å². The minimum atomic E-state index is -0.826. The predicted molar refractivity (Wildman–Crippen MR) is 80.5 cm³/mol. The smallest absolute Gasteiger partial charge is 0.222 e. The Morgan fingerprint density at radius 1 is 1.38 bits per heavy atom. The van der Waals surface area contributed by atoms with E-state index in [4.69, 9.17) is 0 Å². The first-order valence-corrected chi connectivity index (χ1v) is 7.56. The van der Waals surface area contributed by atoms with E-state index in [1.54, 1.807) is 6.07 Å². The second-order valence-electron chi connectivity index (χ2n) is 6.78. The van der Waals surface area contributed by atoms with Crippen LogP contribution in [0.4, 0.5) is 4.39 Å². The normalized spacial score (nSPS) is 17.7. The van der Waals surface area contributed by atoms with Gasteiger partial charge in [-0.05, 0) is 30.5 Å². The van der Waals surface area contributed by atoms with Crippen LogP contribution < -0.4 is 5.32 Å². The number of benzene rings is 1. The molecule has 21 heavy (non-hydrogen) atoms. The highest BCUT2D eigenvalue weighted by molar-refractivity contribution is 5.77. The van der Waals surface area contributed by atoms with Crippen LogP contribution in [0.3, 0.4) is 0 Å². The van der Waals surface area contributed by atoms with Crippen LogP contribution in [-0.4, -0.2) is 23.2 Å². The summed E-state index contributed by atoms with van der Waals surface area (Å²) < 4.78 is 13.3.